The second kappa shape index (κ2) is 6.40. The molecule has 5 rings (SSSR count). The molecule has 1 heterocycles. The summed E-state index contributed by atoms with van der Waals surface area (Å²) in [5.74, 6) is 0.571. The lowest BCUT2D eigenvalue weighted by atomic mass is 10.0. The number of nitrogens with one attached hydrogen (secondary N) is 2. The van der Waals surface area contributed by atoms with Crippen LogP contribution in [-0.2, 0) is 17.6 Å². The van der Waals surface area contributed by atoms with Gasteiger partial charge in [-0.15, -0.1) is 0 Å². The molecule has 0 saturated heterocycles. The van der Waals surface area contributed by atoms with E-state index in [9.17, 15) is 4.79 Å². The SMILES string of the molecule is O=C(Nc1cc(-c2cccc3ccccc23)[nH]n1)C1Cc2ccccc2C1. The van der Waals surface area contributed by atoms with Crippen LogP contribution in [0.25, 0.3) is 22.0 Å². The van der Waals surface area contributed by atoms with Gasteiger partial charge >= 0.3 is 0 Å². The largest absolute Gasteiger partial charge is 0.309 e. The second-order valence-electron chi connectivity index (χ2n) is 7.06. The quantitative estimate of drug-likeness (QED) is 0.566. The summed E-state index contributed by atoms with van der Waals surface area (Å²) in [6.07, 6.45) is 1.59. The average molecular weight is 353 g/mol. The van der Waals surface area contributed by atoms with Crippen LogP contribution in [0, 0.1) is 5.92 Å². The number of aromatic amines is 1. The van der Waals surface area contributed by atoms with Gasteiger partial charge in [0.1, 0.15) is 0 Å². The van der Waals surface area contributed by atoms with Crippen LogP contribution in [-0.4, -0.2) is 16.1 Å². The number of H-pyrrole nitrogens is 1. The topological polar surface area (TPSA) is 57.8 Å². The Labute approximate surface area is 157 Å². The highest BCUT2D eigenvalue weighted by Crippen LogP contribution is 2.30. The van der Waals surface area contributed by atoms with Crippen molar-refractivity contribution in [1.82, 2.24) is 10.2 Å². The fraction of sp³-hybridized carbons (Fsp3) is 0.130. The molecule has 27 heavy (non-hydrogen) atoms. The van der Waals surface area contributed by atoms with Crippen LogP contribution in [0.15, 0.2) is 72.8 Å². The standard InChI is InChI=1S/C23H19N3O/c27-23(18-12-16-7-1-2-8-17(16)13-18)24-22-14-21(25-26-22)20-11-5-9-15-6-3-4-10-19(15)20/h1-11,14,18H,12-13H2,(H2,24,25,26,27). The van der Waals surface area contributed by atoms with E-state index in [1.54, 1.807) is 0 Å². The Morgan fingerprint density at radius 1 is 0.926 bits per heavy atom. The fourth-order valence-electron chi connectivity index (χ4n) is 3.96. The molecule has 132 valence electrons. The molecule has 1 amide bonds. The van der Waals surface area contributed by atoms with E-state index in [-0.39, 0.29) is 11.8 Å². The van der Waals surface area contributed by atoms with Gasteiger partial charge in [-0.05, 0) is 34.7 Å². The van der Waals surface area contributed by atoms with E-state index in [1.807, 2.05) is 36.4 Å². The van der Waals surface area contributed by atoms with E-state index in [0.717, 1.165) is 29.5 Å². The van der Waals surface area contributed by atoms with Crippen molar-refractivity contribution in [2.75, 3.05) is 5.32 Å². The summed E-state index contributed by atoms with van der Waals surface area (Å²) < 4.78 is 0. The molecule has 1 aromatic heterocycles. The molecule has 0 radical (unpaired) electrons. The number of hydrogen-bond acceptors (Lipinski definition) is 2. The van der Waals surface area contributed by atoms with Gasteiger partial charge in [-0.25, -0.2) is 0 Å². The summed E-state index contributed by atoms with van der Waals surface area (Å²) in [5.41, 5.74) is 4.53. The summed E-state index contributed by atoms with van der Waals surface area (Å²) in [6.45, 7) is 0. The molecule has 0 fully saturated rings. The van der Waals surface area contributed by atoms with Gasteiger partial charge < -0.3 is 5.32 Å². The van der Waals surface area contributed by atoms with Crippen molar-refractivity contribution in [2.45, 2.75) is 12.8 Å². The molecule has 0 unspecified atom stereocenters. The third-order valence-electron chi connectivity index (χ3n) is 5.33. The monoisotopic (exact) mass is 353 g/mol. The molecule has 1 aliphatic carbocycles. The second-order valence-corrected chi connectivity index (χ2v) is 7.06. The van der Waals surface area contributed by atoms with Gasteiger partial charge in [-0.2, -0.15) is 5.10 Å². The number of rotatable bonds is 3. The van der Waals surface area contributed by atoms with Crippen LogP contribution in [0.3, 0.4) is 0 Å². The van der Waals surface area contributed by atoms with Crippen molar-refractivity contribution in [3.05, 3.63) is 83.9 Å². The number of nitrogens with zero attached hydrogens (tertiary/aromatic N) is 1. The molecular weight excluding hydrogens is 334 g/mol. The van der Waals surface area contributed by atoms with Crippen LogP contribution >= 0.6 is 0 Å². The summed E-state index contributed by atoms with van der Waals surface area (Å²) in [7, 11) is 0. The van der Waals surface area contributed by atoms with Gasteiger partial charge in [0.15, 0.2) is 5.82 Å². The Balaban J connectivity index is 1.36. The van der Waals surface area contributed by atoms with Crippen LogP contribution in [0.2, 0.25) is 0 Å². The molecule has 2 N–H and O–H groups in total. The average Bonchev–Trinajstić information content (AvgIpc) is 3.34. The minimum atomic E-state index is -0.0277. The lowest BCUT2D eigenvalue weighted by molar-refractivity contribution is -0.119. The third kappa shape index (κ3) is 2.89. The van der Waals surface area contributed by atoms with Gasteiger partial charge in [-0.1, -0.05) is 66.7 Å². The van der Waals surface area contributed by atoms with E-state index < -0.39 is 0 Å². The molecule has 3 aromatic carbocycles. The third-order valence-corrected chi connectivity index (χ3v) is 5.33. The first-order valence-corrected chi connectivity index (χ1v) is 9.19. The van der Waals surface area contributed by atoms with Crippen molar-refractivity contribution in [3.63, 3.8) is 0 Å². The number of hydrogen-bond donors (Lipinski definition) is 2. The maximum Gasteiger partial charge on any atom is 0.229 e. The number of amides is 1. The lowest BCUT2D eigenvalue weighted by Gasteiger charge is -2.08. The number of fused-ring (bicyclic) bond motifs is 2. The van der Waals surface area contributed by atoms with E-state index in [1.165, 1.54) is 16.5 Å². The number of aromatic nitrogens is 2. The predicted molar refractivity (Wildman–Crippen MR) is 107 cm³/mol. The molecule has 0 spiro atoms. The smallest absolute Gasteiger partial charge is 0.229 e. The molecule has 4 aromatic rings. The predicted octanol–water partition coefficient (Wildman–Crippen LogP) is 4.58. The first-order valence-electron chi connectivity index (χ1n) is 9.19. The van der Waals surface area contributed by atoms with Crippen molar-refractivity contribution >= 4 is 22.5 Å². The van der Waals surface area contributed by atoms with Gasteiger partial charge in [0.2, 0.25) is 5.91 Å². The Hall–Kier alpha value is -3.40. The zero-order valence-electron chi connectivity index (χ0n) is 14.8. The highest BCUT2D eigenvalue weighted by molar-refractivity contribution is 5.97. The summed E-state index contributed by atoms with van der Waals surface area (Å²) in [6, 6.07) is 24.6. The first-order chi connectivity index (χ1) is 13.3. The highest BCUT2D eigenvalue weighted by atomic mass is 16.2. The highest BCUT2D eigenvalue weighted by Gasteiger charge is 2.27. The Kier molecular flexibility index (Phi) is 3.75. The number of carbonyl (C=O) groups excluding carboxylic acids is 1. The number of anilines is 1. The van der Waals surface area contributed by atoms with Crippen LogP contribution in [0.1, 0.15) is 11.1 Å². The lowest BCUT2D eigenvalue weighted by Crippen LogP contribution is -2.23. The Morgan fingerprint density at radius 2 is 1.63 bits per heavy atom. The van der Waals surface area contributed by atoms with Crippen molar-refractivity contribution in [1.29, 1.82) is 0 Å². The van der Waals surface area contributed by atoms with Gasteiger partial charge in [0.05, 0.1) is 5.69 Å². The molecule has 1 aliphatic rings. The number of carbonyl (C=O) groups is 1. The van der Waals surface area contributed by atoms with Gasteiger partial charge in [0.25, 0.3) is 0 Å². The van der Waals surface area contributed by atoms with E-state index >= 15 is 0 Å². The molecule has 4 heteroatoms. The summed E-state index contributed by atoms with van der Waals surface area (Å²) >= 11 is 0. The molecular formula is C23H19N3O. The Bertz CT molecular complexity index is 1110. The van der Waals surface area contributed by atoms with Crippen molar-refractivity contribution in [2.24, 2.45) is 5.92 Å². The fourth-order valence-corrected chi connectivity index (χ4v) is 3.96. The molecule has 0 aliphatic heterocycles. The normalized spacial score (nSPS) is 13.6. The molecule has 0 atom stereocenters. The first kappa shape index (κ1) is 15.8. The van der Waals surface area contributed by atoms with Crippen LogP contribution < -0.4 is 5.32 Å². The van der Waals surface area contributed by atoms with E-state index in [4.69, 9.17) is 0 Å². The zero-order chi connectivity index (χ0) is 18.2. The van der Waals surface area contributed by atoms with Gasteiger partial charge in [-0.3, -0.25) is 9.89 Å². The summed E-state index contributed by atoms with van der Waals surface area (Å²) in [5, 5.41) is 12.7. The molecule has 4 nitrogen and oxygen atoms in total. The van der Waals surface area contributed by atoms with Crippen molar-refractivity contribution in [3.8, 4) is 11.3 Å². The van der Waals surface area contributed by atoms with Crippen LogP contribution in [0.5, 0.6) is 0 Å². The van der Waals surface area contributed by atoms with Gasteiger partial charge in [0, 0.05) is 17.5 Å². The summed E-state index contributed by atoms with van der Waals surface area (Å²) in [4.78, 5) is 12.7. The minimum absolute atomic E-state index is 0.0277. The maximum absolute atomic E-state index is 12.7. The molecule has 0 saturated carbocycles. The van der Waals surface area contributed by atoms with E-state index in [2.05, 4.69) is 51.9 Å². The maximum atomic E-state index is 12.7. The number of benzene rings is 3. The minimum Gasteiger partial charge on any atom is -0.309 e. The molecule has 0 bridgehead atoms. The van der Waals surface area contributed by atoms with E-state index in [0.29, 0.717) is 5.82 Å². The zero-order valence-corrected chi connectivity index (χ0v) is 14.8. The van der Waals surface area contributed by atoms with Crippen LogP contribution in [0.4, 0.5) is 5.82 Å². The van der Waals surface area contributed by atoms with Crippen molar-refractivity contribution < 1.29 is 4.79 Å². The Morgan fingerprint density at radius 3 is 2.44 bits per heavy atom.